The van der Waals surface area contributed by atoms with Gasteiger partial charge < -0.3 is 5.73 Å². The Kier molecular flexibility index (Phi) is 4.74. The van der Waals surface area contributed by atoms with Gasteiger partial charge >= 0.3 is 0 Å². The number of thioether (sulfide) groups is 1. The van der Waals surface area contributed by atoms with E-state index in [9.17, 15) is 0 Å². The highest BCUT2D eigenvalue weighted by Crippen LogP contribution is 2.32. The molecule has 3 heteroatoms. The second kappa shape index (κ2) is 6.08. The molecule has 0 spiro atoms. The van der Waals surface area contributed by atoms with Gasteiger partial charge in [0, 0.05) is 21.7 Å². The zero-order chi connectivity index (χ0) is 11.4. The van der Waals surface area contributed by atoms with Crippen molar-refractivity contribution in [1.29, 1.82) is 0 Å². The average molecular weight is 300 g/mol. The third-order valence-electron chi connectivity index (χ3n) is 3.20. The maximum absolute atomic E-state index is 5.64. The van der Waals surface area contributed by atoms with Gasteiger partial charge in [-0.2, -0.15) is 0 Å². The van der Waals surface area contributed by atoms with Gasteiger partial charge in [0.25, 0.3) is 0 Å². The van der Waals surface area contributed by atoms with E-state index in [2.05, 4.69) is 34.1 Å². The Balaban J connectivity index is 1.91. The van der Waals surface area contributed by atoms with E-state index in [0.29, 0.717) is 6.54 Å². The fraction of sp³-hybridized carbons (Fsp3) is 0.538. The standard InChI is InChI=1S/C13H18BrNS/c14-13-7-12(6-5-11(13)8-15)16-9-10-3-1-2-4-10/h5-7,10H,1-4,8-9,15H2. The number of benzene rings is 1. The molecule has 1 aliphatic rings. The summed E-state index contributed by atoms with van der Waals surface area (Å²) >= 11 is 5.55. The molecule has 2 rings (SSSR count). The van der Waals surface area contributed by atoms with Crippen LogP contribution in [0.4, 0.5) is 0 Å². The first-order valence-electron chi connectivity index (χ1n) is 5.91. The van der Waals surface area contributed by atoms with E-state index in [0.717, 1.165) is 10.4 Å². The Morgan fingerprint density at radius 1 is 1.31 bits per heavy atom. The number of hydrogen-bond acceptors (Lipinski definition) is 2. The normalized spacial score (nSPS) is 16.9. The fourth-order valence-electron chi connectivity index (χ4n) is 2.17. The van der Waals surface area contributed by atoms with Crippen molar-refractivity contribution >= 4 is 27.7 Å². The summed E-state index contributed by atoms with van der Waals surface area (Å²) < 4.78 is 1.14. The molecule has 0 unspecified atom stereocenters. The molecule has 0 bridgehead atoms. The predicted molar refractivity (Wildman–Crippen MR) is 74.7 cm³/mol. The van der Waals surface area contributed by atoms with E-state index in [-0.39, 0.29) is 0 Å². The minimum Gasteiger partial charge on any atom is -0.326 e. The van der Waals surface area contributed by atoms with Crippen molar-refractivity contribution in [1.82, 2.24) is 0 Å². The molecule has 1 aromatic carbocycles. The molecule has 0 amide bonds. The summed E-state index contributed by atoms with van der Waals surface area (Å²) in [6.45, 7) is 0.605. The van der Waals surface area contributed by atoms with E-state index in [1.54, 1.807) is 0 Å². The summed E-state index contributed by atoms with van der Waals surface area (Å²) in [6, 6.07) is 6.51. The summed E-state index contributed by atoms with van der Waals surface area (Å²) in [4.78, 5) is 1.36. The van der Waals surface area contributed by atoms with Crippen LogP contribution in [0.15, 0.2) is 27.6 Å². The van der Waals surface area contributed by atoms with E-state index in [4.69, 9.17) is 5.73 Å². The molecule has 0 atom stereocenters. The van der Waals surface area contributed by atoms with Crippen molar-refractivity contribution in [3.8, 4) is 0 Å². The van der Waals surface area contributed by atoms with Crippen LogP contribution in [0.25, 0.3) is 0 Å². The van der Waals surface area contributed by atoms with Crippen molar-refractivity contribution < 1.29 is 0 Å². The van der Waals surface area contributed by atoms with E-state index >= 15 is 0 Å². The largest absolute Gasteiger partial charge is 0.326 e. The lowest BCUT2D eigenvalue weighted by atomic mass is 10.1. The minimum atomic E-state index is 0.605. The molecule has 0 saturated heterocycles. The molecule has 1 fully saturated rings. The van der Waals surface area contributed by atoms with E-state index in [1.165, 1.54) is 41.9 Å². The highest BCUT2D eigenvalue weighted by molar-refractivity contribution is 9.10. The third kappa shape index (κ3) is 3.25. The van der Waals surface area contributed by atoms with Crippen molar-refractivity contribution in [2.45, 2.75) is 37.1 Å². The lowest BCUT2D eigenvalue weighted by molar-refractivity contribution is 0.623. The molecular weight excluding hydrogens is 282 g/mol. The predicted octanol–water partition coefficient (Wildman–Crippen LogP) is 4.19. The van der Waals surface area contributed by atoms with Gasteiger partial charge in [-0.1, -0.05) is 34.8 Å². The second-order valence-electron chi connectivity index (χ2n) is 4.42. The van der Waals surface area contributed by atoms with Crippen molar-refractivity contribution in [2.75, 3.05) is 5.75 Å². The molecular formula is C13H18BrNS. The van der Waals surface area contributed by atoms with Crippen LogP contribution >= 0.6 is 27.7 Å². The highest BCUT2D eigenvalue weighted by atomic mass is 79.9. The quantitative estimate of drug-likeness (QED) is 0.844. The molecule has 1 aromatic rings. The van der Waals surface area contributed by atoms with Crippen molar-refractivity contribution in [3.63, 3.8) is 0 Å². The molecule has 88 valence electrons. The van der Waals surface area contributed by atoms with Crippen LogP contribution in [-0.2, 0) is 6.54 Å². The van der Waals surface area contributed by atoms with Crippen molar-refractivity contribution in [2.24, 2.45) is 11.7 Å². The summed E-state index contributed by atoms with van der Waals surface area (Å²) in [5.74, 6) is 2.21. The molecule has 2 N–H and O–H groups in total. The monoisotopic (exact) mass is 299 g/mol. The van der Waals surface area contributed by atoms with Gasteiger partial charge in [-0.05, 0) is 36.5 Å². The first-order valence-corrected chi connectivity index (χ1v) is 7.68. The summed E-state index contributed by atoms with van der Waals surface area (Å²) in [5, 5.41) is 0. The summed E-state index contributed by atoms with van der Waals surface area (Å²) in [6.07, 6.45) is 5.71. The SMILES string of the molecule is NCc1ccc(SCC2CCCC2)cc1Br. The topological polar surface area (TPSA) is 26.0 Å². The highest BCUT2D eigenvalue weighted by Gasteiger charge is 2.15. The zero-order valence-electron chi connectivity index (χ0n) is 9.42. The van der Waals surface area contributed by atoms with E-state index in [1.807, 2.05) is 11.8 Å². The second-order valence-corrected chi connectivity index (χ2v) is 6.37. The number of hydrogen-bond donors (Lipinski definition) is 1. The average Bonchev–Trinajstić information content (AvgIpc) is 2.79. The molecule has 1 nitrogen and oxygen atoms in total. The maximum Gasteiger partial charge on any atom is 0.0231 e. The van der Waals surface area contributed by atoms with Gasteiger partial charge in [-0.25, -0.2) is 0 Å². The molecule has 1 aliphatic carbocycles. The Morgan fingerprint density at radius 3 is 2.69 bits per heavy atom. The molecule has 16 heavy (non-hydrogen) atoms. The molecule has 1 saturated carbocycles. The van der Waals surface area contributed by atoms with Gasteiger partial charge in [0.15, 0.2) is 0 Å². The third-order valence-corrected chi connectivity index (χ3v) is 5.17. The van der Waals surface area contributed by atoms with Gasteiger partial charge in [-0.15, -0.1) is 11.8 Å². The van der Waals surface area contributed by atoms with Crippen LogP contribution in [0, 0.1) is 5.92 Å². The van der Waals surface area contributed by atoms with Gasteiger partial charge in [0.1, 0.15) is 0 Å². The number of halogens is 1. The van der Waals surface area contributed by atoms with Crippen LogP contribution in [0.2, 0.25) is 0 Å². The Hall–Kier alpha value is 0.01000. The summed E-state index contributed by atoms with van der Waals surface area (Å²) in [7, 11) is 0. The zero-order valence-corrected chi connectivity index (χ0v) is 11.8. The van der Waals surface area contributed by atoms with Gasteiger partial charge in [-0.3, -0.25) is 0 Å². The first-order chi connectivity index (χ1) is 7.79. The van der Waals surface area contributed by atoms with E-state index < -0.39 is 0 Å². The van der Waals surface area contributed by atoms with Crippen molar-refractivity contribution in [3.05, 3.63) is 28.2 Å². The van der Waals surface area contributed by atoms with Crippen LogP contribution in [0.1, 0.15) is 31.2 Å². The lowest BCUT2D eigenvalue weighted by Crippen LogP contribution is -1.98. The van der Waals surface area contributed by atoms with Crippen LogP contribution in [0.3, 0.4) is 0 Å². The van der Waals surface area contributed by atoms with Crippen LogP contribution in [0.5, 0.6) is 0 Å². The minimum absolute atomic E-state index is 0.605. The number of nitrogens with two attached hydrogens (primary N) is 1. The van der Waals surface area contributed by atoms with Crippen LogP contribution < -0.4 is 5.73 Å². The van der Waals surface area contributed by atoms with Crippen LogP contribution in [-0.4, -0.2) is 5.75 Å². The fourth-order valence-corrected chi connectivity index (χ4v) is 3.99. The smallest absolute Gasteiger partial charge is 0.0231 e. The number of rotatable bonds is 4. The Bertz CT molecular complexity index is 348. The van der Waals surface area contributed by atoms with Gasteiger partial charge in [0.2, 0.25) is 0 Å². The molecule has 0 heterocycles. The lowest BCUT2D eigenvalue weighted by Gasteiger charge is -2.09. The Morgan fingerprint density at radius 2 is 2.06 bits per heavy atom. The Labute approximate surface area is 110 Å². The molecule has 0 radical (unpaired) electrons. The summed E-state index contributed by atoms with van der Waals surface area (Å²) in [5.41, 5.74) is 6.82. The van der Waals surface area contributed by atoms with Gasteiger partial charge in [0.05, 0.1) is 0 Å². The molecule has 0 aliphatic heterocycles. The molecule has 0 aromatic heterocycles. The maximum atomic E-state index is 5.64. The first kappa shape index (κ1) is 12.5.